The summed E-state index contributed by atoms with van der Waals surface area (Å²) in [6.07, 6.45) is 7.63. The Bertz CT molecular complexity index is 731. The Morgan fingerprint density at radius 2 is 1.45 bits per heavy atom. The maximum absolute atomic E-state index is 12.8. The van der Waals surface area contributed by atoms with Gasteiger partial charge in [0, 0.05) is 30.5 Å². The van der Waals surface area contributed by atoms with Gasteiger partial charge in [-0.3, -0.25) is 9.59 Å². The summed E-state index contributed by atoms with van der Waals surface area (Å²) >= 11 is 0. The van der Waals surface area contributed by atoms with Crippen LogP contribution in [0, 0.1) is 0 Å². The lowest BCUT2D eigenvalue weighted by atomic mass is 9.95. The molecule has 1 aromatic carbocycles. The fourth-order valence-electron chi connectivity index (χ4n) is 4.58. The van der Waals surface area contributed by atoms with E-state index >= 15 is 0 Å². The Hall–Kier alpha value is -2.48. The average Bonchev–Trinajstić information content (AvgIpc) is 2.79. The van der Waals surface area contributed by atoms with Gasteiger partial charge in [-0.05, 0) is 25.0 Å². The van der Waals surface area contributed by atoms with Crippen molar-refractivity contribution in [3.05, 3.63) is 17.7 Å². The predicted octanol–water partition coefficient (Wildman–Crippen LogP) is 0.938. The molecule has 31 heavy (non-hydrogen) atoms. The first-order valence-corrected chi connectivity index (χ1v) is 11.3. The first-order chi connectivity index (χ1) is 15.0. The standard InChI is InChI=1S/C23H35N3O5/c1-29-19-13-16(14-20(30-2)22(19)31-3)23(28)25-18-9-11-26(12-10-18)15-21(27)24-17-7-5-4-6-8-17/h13-14,17-18H,4-12,15H2,1-3H3,(H,24,27)(H,25,28)/p+1. The van der Waals surface area contributed by atoms with Crippen LogP contribution >= 0.6 is 0 Å². The molecule has 2 aliphatic rings. The summed E-state index contributed by atoms with van der Waals surface area (Å²) in [6, 6.07) is 3.77. The summed E-state index contributed by atoms with van der Waals surface area (Å²) in [5.41, 5.74) is 0.469. The number of likely N-dealkylation sites (tertiary alicyclic amines) is 1. The summed E-state index contributed by atoms with van der Waals surface area (Å²) in [5.74, 6) is 1.36. The molecule has 1 aliphatic heterocycles. The van der Waals surface area contributed by atoms with Crippen molar-refractivity contribution in [3.8, 4) is 17.2 Å². The minimum Gasteiger partial charge on any atom is -0.493 e. The van der Waals surface area contributed by atoms with Crippen molar-refractivity contribution in [3.63, 3.8) is 0 Å². The summed E-state index contributed by atoms with van der Waals surface area (Å²) in [4.78, 5) is 26.4. The molecule has 3 rings (SSSR count). The topological polar surface area (TPSA) is 90.3 Å². The number of nitrogens with one attached hydrogen (secondary N) is 3. The lowest BCUT2D eigenvalue weighted by molar-refractivity contribution is -0.897. The maximum atomic E-state index is 12.8. The summed E-state index contributed by atoms with van der Waals surface area (Å²) in [7, 11) is 4.59. The zero-order valence-corrected chi connectivity index (χ0v) is 18.9. The largest absolute Gasteiger partial charge is 0.493 e. The third-order valence-corrected chi connectivity index (χ3v) is 6.34. The number of benzene rings is 1. The highest BCUT2D eigenvalue weighted by Crippen LogP contribution is 2.38. The molecule has 0 spiro atoms. The van der Waals surface area contributed by atoms with Crippen LogP contribution in [0.4, 0.5) is 0 Å². The highest BCUT2D eigenvalue weighted by molar-refractivity contribution is 5.95. The Balaban J connectivity index is 1.48. The molecule has 1 heterocycles. The second-order valence-corrected chi connectivity index (χ2v) is 8.49. The zero-order valence-electron chi connectivity index (χ0n) is 18.9. The van der Waals surface area contributed by atoms with Crippen LogP contribution in [0.15, 0.2) is 12.1 Å². The van der Waals surface area contributed by atoms with E-state index in [1.807, 2.05) is 0 Å². The van der Waals surface area contributed by atoms with E-state index in [4.69, 9.17) is 14.2 Å². The normalized spacial score (nSPS) is 21.8. The van der Waals surface area contributed by atoms with Crippen LogP contribution in [0.3, 0.4) is 0 Å². The van der Waals surface area contributed by atoms with Crippen LogP contribution in [0.25, 0.3) is 0 Å². The van der Waals surface area contributed by atoms with Crippen molar-refractivity contribution in [1.29, 1.82) is 0 Å². The van der Waals surface area contributed by atoms with Crippen LogP contribution in [-0.4, -0.2) is 64.9 Å². The van der Waals surface area contributed by atoms with Gasteiger partial charge in [0.2, 0.25) is 5.75 Å². The maximum Gasteiger partial charge on any atom is 0.275 e. The number of carbonyl (C=O) groups excluding carboxylic acids is 2. The van der Waals surface area contributed by atoms with E-state index in [2.05, 4.69) is 10.6 Å². The Morgan fingerprint density at radius 3 is 2.00 bits per heavy atom. The summed E-state index contributed by atoms with van der Waals surface area (Å²) in [5, 5.41) is 6.31. The van der Waals surface area contributed by atoms with E-state index in [9.17, 15) is 9.59 Å². The second kappa shape index (κ2) is 11.2. The van der Waals surface area contributed by atoms with E-state index in [1.165, 1.54) is 45.5 Å². The number of quaternary nitrogens is 1. The molecular weight excluding hydrogens is 398 g/mol. The Labute approximate surface area is 184 Å². The summed E-state index contributed by atoms with van der Waals surface area (Å²) in [6.45, 7) is 2.26. The minimum absolute atomic E-state index is 0.0942. The van der Waals surface area contributed by atoms with E-state index in [0.29, 0.717) is 35.4 Å². The lowest BCUT2D eigenvalue weighted by Crippen LogP contribution is -3.14. The molecule has 0 aromatic heterocycles. The monoisotopic (exact) mass is 434 g/mol. The average molecular weight is 435 g/mol. The number of rotatable bonds is 8. The third-order valence-electron chi connectivity index (χ3n) is 6.34. The molecule has 2 fully saturated rings. The van der Waals surface area contributed by atoms with E-state index < -0.39 is 0 Å². The predicted molar refractivity (Wildman–Crippen MR) is 117 cm³/mol. The van der Waals surface area contributed by atoms with E-state index in [-0.39, 0.29) is 17.9 Å². The molecule has 8 heteroatoms. The molecule has 0 atom stereocenters. The zero-order chi connectivity index (χ0) is 22.2. The van der Waals surface area contributed by atoms with E-state index in [1.54, 1.807) is 12.1 Å². The number of carbonyl (C=O) groups is 2. The fraction of sp³-hybridized carbons (Fsp3) is 0.652. The highest BCUT2D eigenvalue weighted by atomic mass is 16.5. The van der Waals surface area contributed by atoms with Gasteiger partial charge < -0.3 is 29.7 Å². The van der Waals surface area contributed by atoms with E-state index in [0.717, 1.165) is 38.8 Å². The van der Waals surface area contributed by atoms with Crippen LogP contribution in [0.2, 0.25) is 0 Å². The molecule has 0 radical (unpaired) electrons. The van der Waals surface area contributed by atoms with Crippen molar-refractivity contribution in [2.75, 3.05) is 41.0 Å². The Morgan fingerprint density at radius 1 is 0.871 bits per heavy atom. The van der Waals surface area contributed by atoms with Gasteiger partial charge in [0.1, 0.15) is 0 Å². The van der Waals surface area contributed by atoms with Gasteiger partial charge >= 0.3 is 0 Å². The molecule has 1 aliphatic carbocycles. The van der Waals surface area contributed by atoms with Crippen LogP contribution in [0.1, 0.15) is 55.3 Å². The van der Waals surface area contributed by atoms with Gasteiger partial charge in [-0.25, -0.2) is 0 Å². The van der Waals surface area contributed by atoms with Crippen LogP contribution in [-0.2, 0) is 4.79 Å². The smallest absolute Gasteiger partial charge is 0.275 e. The third kappa shape index (κ3) is 6.26. The molecule has 2 amide bonds. The quantitative estimate of drug-likeness (QED) is 0.567. The molecule has 172 valence electrons. The highest BCUT2D eigenvalue weighted by Gasteiger charge is 2.27. The SMILES string of the molecule is COc1cc(C(=O)NC2CC[NH+](CC(=O)NC3CCCCC3)CC2)cc(OC)c1OC. The number of methoxy groups -OCH3 is 3. The van der Waals surface area contributed by atoms with Crippen LogP contribution in [0.5, 0.6) is 17.2 Å². The first-order valence-electron chi connectivity index (χ1n) is 11.3. The van der Waals surface area contributed by atoms with Crippen molar-refractivity contribution < 1.29 is 28.7 Å². The molecule has 1 aromatic rings. The van der Waals surface area contributed by atoms with Gasteiger partial charge in [-0.15, -0.1) is 0 Å². The van der Waals surface area contributed by atoms with Crippen molar-refractivity contribution in [1.82, 2.24) is 10.6 Å². The molecule has 0 bridgehead atoms. The molecule has 0 unspecified atom stereocenters. The van der Waals surface area contributed by atoms with Gasteiger partial charge in [-0.1, -0.05) is 19.3 Å². The second-order valence-electron chi connectivity index (χ2n) is 8.49. The molecule has 3 N–H and O–H groups in total. The van der Waals surface area contributed by atoms with Gasteiger partial charge in [0.15, 0.2) is 18.0 Å². The number of hydrogen-bond acceptors (Lipinski definition) is 5. The number of amides is 2. The van der Waals surface area contributed by atoms with Gasteiger partial charge in [0.25, 0.3) is 11.8 Å². The number of piperidine rings is 1. The van der Waals surface area contributed by atoms with Gasteiger partial charge in [-0.2, -0.15) is 0 Å². The number of hydrogen-bond donors (Lipinski definition) is 3. The van der Waals surface area contributed by atoms with Crippen molar-refractivity contribution >= 4 is 11.8 Å². The fourth-order valence-corrected chi connectivity index (χ4v) is 4.58. The Kier molecular flexibility index (Phi) is 8.40. The first kappa shape index (κ1) is 23.2. The minimum atomic E-state index is -0.164. The summed E-state index contributed by atoms with van der Waals surface area (Å²) < 4.78 is 16.0. The van der Waals surface area contributed by atoms with Gasteiger partial charge in [0.05, 0.1) is 34.4 Å². The van der Waals surface area contributed by atoms with Crippen LogP contribution < -0.4 is 29.7 Å². The van der Waals surface area contributed by atoms with Crippen molar-refractivity contribution in [2.24, 2.45) is 0 Å². The molecule has 1 saturated carbocycles. The lowest BCUT2D eigenvalue weighted by Gasteiger charge is -2.30. The van der Waals surface area contributed by atoms with Crippen molar-refractivity contribution in [2.45, 2.75) is 57.0 Å². The molecular formula is C23H36N3O5+. The molecule has 8 nitrogen and oxygen atoms in total. The molecule has 1 saturated heterocycles. The number of ether oxygens (including phenoxy) is 3.